The van der Waals surface area contributed by atoms with Crippen LogP contribution < -0.4 is 15.3 Å². The summed E-state index contributed by atoms with van der Waals surface area (Å²) in [4.78, 5) is 10.3. The summed E-state index contributed by atoms with van der Waals surface area (Å²) >= 11 is 0. The fourth-order valence-corrected chi connectivity index (χ4v) is 2.85. The van der Waals surface area contributed by atoms with E-state index in [2.05, 4.69) is 0 Å². The van der Waals surface area contributed by atoms with E-state index in [1.165, 1.54) is 0 Å². The van der Waals surface area contributed by atoms with Crippen molar-refractivity contribution < 1.29 is 9.63 Å². The van der Waals surface area contributed by atoms with E-state index in [0.29, 0.717) is 0 Å². The van der Waals surface area contributed by atoms with Crippen LogP contribution in [0, 0.1) is 0 Å². The molecule has 0 saturated heterocycles. The molecule has 0 aliphatic heterocycles. The Bertz CT molecular complexity index is 462. The number of methoxy groups -OCH3 is 1. The van der Waals surface area contributed by atoms with Gasteiger partial charge in [0.05, 0.1) is 23.7 Å². The quantitative estimate of drug-likeness (QED) is 0.642. The van der Waals surface area contributed by atoms with Gasteiger partial charge in [0, 0.05) is 10.6 Å². The Hall–Kier alpha value is -1.31. The summed E-state index contributed by atoms with van der Waals surface area (Å²) in [6, 6.07) is 17.2. The molecule has 0 spiro atoms. The summed E-state index contributed by atoms with van der Waals surface area (Å²) in [7, 11) is 0.296. The van der Waals surface area contributed by atoms with Gasteiger partial charge >= 0.3 is 0 Å². The Morgan fingerprint density at radius 2 is 1.53 bits per heavy atom. The number of hydrogen-bond acceptors (Lipinski definition) is 2. The highest BCUT2D eigenvalue weighted by Gasteiger charge is 2.14. The Balaban J connectivity index is 0.00000144. The normalized spacial score (nSPS) is 11.4. The molecule has 88 valence electrons. The molecular weight excluding hydrogens is 230 g/mol. The summed E-state index contributed by atoms with van der Waals surface area (Å²) in [5.74, 6) is 0.736. The SMILES string of the molecule is B.COc1ccccc1P(O)c1ccccc1. The standard InChI is InChI=1S/C13H13O2P.BH3/c1-15-12-9-5-6-10-13(12)16(14)11-7-3-2-4-8-11;/h2-10,14H,1H3;1H3. The first-order valence-electron chi connectivity index (χ1n) is 5.00. The molecule has 0 aromatic heterocycles. The Morgan fingerprint density at radius 1 is 0.941 bits per heavy atom. The summed E-state index contributed by atoms with van der Waals surface area (Å²) in [6.45, 7) is 0. The molecule has 0 amide bonds. The maximum absolute atomic E-state index is 10.3. The van der Waals surface area contributed by atoms with E-state index < -0.39 is 8.15 Å². The zero-order chi connectivity index (χ0) is 11.4. The minimum Gasteiger partial charge on any atom is -0.496 e. The van der Waals surface area contributed by atoms with Gasteiger partial charge in [-0.1, -0.05) is 42.5 Å². The molecule has 2 rings (SSSR count). The van der Waals surface area contributed by atoms with E-state index in [-0.39, 0.29) is 8.41 Å². The van der Waals surface area contributed by atoms with Crippen LogP contribution in [0.25, 0.3) is 0 Å². The Kier molecular flexibility index (Phi) is 5.21. The molecular formula is C13H16BO2P. The molecule has 0 bridgehead atoms. The van der Waals surface area contributed by atoms with Gasteiger partial charge in [-0.3, -0.25) is 0 Å². The molecule has 1 atom stereocenters. The smallest absolute Gasteiger partial charge is 0.129 e. The first kappa shape index (κ1) is 13.8. The predicted octanol–water partition coefficient (Wildman–Crippen LogP) is 0.851. The third kappa shape index (κ3) is 3.09. The van der Waals surface area contributed by atoms with Crippen molar-refractivity contribution >= 4 is 27.2 Å². The number of rotatable bonds is 3. The van der Waals surface area contributed by atoms with Crippen LogP contribution in [0.5, 0.6) is 5.75 Å². The van der Waals surface area contributed by atoms with Crippen molar-refractivity contribution in [2.45, 2.75) is 0 Å². The fourth-order valence-electron chi connectivity index (χ4n) is 1.51. The summed E-state index contributed by atoms with van der Waals surface area (Å²) < 4.78 is 5.24. The molecule has 17 heavy (non-hydrogen) atoms. The Morgan fingerprint density at radius 3 is 2.18 bits per heavy atom. The lowest BCUT2D eigenvalue weighted by Gasteiger charge is -2.14. The average Bonchev–Trinajstić information content (AvgIpc) is 2.39. The molecule has 2 nitrogen and oxygen atoms in total. The Labute approximate surface area is 105 Å². The van der Waals surface area contributed by atoms with Crippen LogP contribution >= 0.6 is 8.15 Å². The van der Waals surface area contributed by atoms with Crippen LogP contribution in [0.1, 0.15) is 0 Å². The second-order valence-corrected chi connectivity index (χ2v) is 4.94. The number of para-hydroxylation sites is 1. The molecule has 0 aliphatic rings. The van der Waals surface area contributed by atoms with Crippen LogP contribution in [0.15, 0.2) is 54.6 Å². The fraction of sp³-hybridized carbons (Fsp3) is 0.0769. The lowest BCUT2D eigenvalue weighted by atomic mass is 10.3. The minimum atomic E-state index is -1.32. The summed E-state index contributed by atoms with van der Waals surface area (Å²) in [5.41, 5.74) is 0. The monoisotopic (exact) mass is 246 g/mol. The van der Waals surface area contributed by atoms with Crippen molar-refractivity contribution in [3.05, 3.63) is 54.6 Å². The van der Waals surface area contributed by atoms with Crippen molar-refractivity contribution in [2.75, 3.05) is 7.11 Å². The van der Waals surface area contributed by atoms with Crippen molar-refractivity contribution in [3.8, 4) is 5.75 Å². The number of benzene rings is 2. The van der Waals surface area contributed by atoms with E-state index in [0.717, 1.165) is 16.4 Å². The van der Waals surface area contributed by atoms with E-state index in [1.54, 1.807) is 7.11 Å². The highest BCUT2D eigenvalue weighted by molar-refractivity contribution is 7.67. The molecule has 1 N–H and O–H groups in total. The topological polar surface area (TPSA) is 29.5 Å². The maximum atomic E-state index is 10.3. The van der Waals surface area contributed by atoms with E-state index in [1.807, 2.05) is 54.6 Å². The molecule has 2 aromatic carbocycles. The van der Waals surface area contributed by atoms with Crippen molar-refractivity contribution in [3.63, 3.8) is 0 Å². The van der Waals surface area contributed by atoms with Gasteiger partial charge in [0.1, 0.15) is 5.75 Å². The predicted molar refractivity (Wildman–Crippen MR) is 77.8 cm³/mol. The van der Waals surface area contributed by atoms with Crippen LogP contribution in [0.4, 0.5) is 0 Å². The van der Waals surface area contributed by atoms with Crippen molar-refractivity contribution in [2.24, 2.45) is 0 Å². The largest absolute Gasteiger partial charge is 0.496 e. The number of hydrogen-bond donors (Lipinski definition) is 1. The average molecular weight is 246 g/mol. The lowest BCUT2D eigenvalue weighted by molar-refractivity contribution is 0.418. The van der Waals surface area contributed by atoms with Gasteiger partial charge in [0.25, 0.3) is 0 Å². The third-order valence-electron chi connectivity index (χ3n) is 2.31. The van der Waals surface area contributed by atoms with Crippen LogP contribution in [0.3, 0.4) is 0 Å². The highest BCUT2D eigenvalue weighted by atomic mass is 31.1. The van der Waals surface area contributed by atoms with Crippen molar-refractivity contribution in [1.82, 2.24) is 0 Å². The maximum Gasteiger partial charge on any atom is 0.129 e. The molecule has 0 radical (unpaired) electrons. The third-order valence-corrected chi connectivity index (χ3v) is 3.93. The first-order chi connectivity index (χ1) is 7.83. The van der Waals surface area contributed by atoms with Gasteiger partial charge in [-0.2, -0.15) is 0 Å². The van der Waals surface area contributed by atoms with Gasteiger partial charge in [0.15, 0.2) is 0 Å². The summed E-state index contributed by atoms with van der Waals surface area (Å²) in [6.07, 6.45) is 0. The van der Waals surface area contributed by atoms with Crippen LogP contribution in [0.2, 0.25) is 0 Å². The van der Waals surface area contributed by atoms with Gasteiger partial charge in [-0.05, 0) is 12.1 Å². The van der Waals surface area contributed by atoms with Gasteiger partial charge in [-0.15, -0.1) is 0 Å². The van der Waals surface area contributed by atoms with Crippen molar-refractivity contribution in [1.29, 1.82) is 0 Å². The van der Waals surface area contributed by atoms with E-state index >= 15 is 0 Å². The first-order valence-corrected chi connectivity index (χ1v) is 6.29. The number of ether oxygens (including phenoxy) is 1. The lowest BCUT2D eigenvalue weighted by Crippen LogP contribution is -2.13. The molecule has 1 unspecified atom stereocenters. The molecule has 0 heterocycles. The molecule has 2 aromatic rings. The van der Waals surface area contributed by atoms with Crippen LogP contribution in [-0.2, 0) is 0 Å². The molecule has 4 heteroatoms. The molecule has 0 saturated carbocycles. The zero-order valence-corrected chi connectivity index (χ0v) is 9.89. The van der Waals surface area contributed by atoms with E-state index in [4.69, 9.17) is 4.74 Å². The molecule has 0 aliphatic carbocycles. The zero-order valence-electron chi connectivity index (χ0n) is 9.00. The van der Waals surface area contributed by atoms with Gasteiger partial charge in [0.2, 0.25) is 0 Å². The van der Waals surface area contributed by atoms with Gasteiger partial charge in [-0.25, -0.2) is 0 Å². The van der Waals surface area contributed by atoms with E-state index in [9.17, 15) is 4.89 Å². The molecule has 0 fully saturated rings. The second kappa shape index (κ2) is 6.44. The minimum absolute atomic E-state index is 0. The van der Waals surface area contributed by atoms with Gasteiger partial charge < -0.3 is 9.63 Å². The van der Waals surface area contributed by atoms with Crippen LogP contribution in [-0.4, -0.2) is 20.4 Å². The summed E-state index contributed by atoms with van der Waals surface area (Å²) in [5, 5.41) is 1.79. The second-order valence-electron chi connectivity index (χ2n) is 3.32. The highest BCUT2D eigenvalue weighted by Crippen LogP contribution is 2.31.